The van der Waals surface area contributed by atoms with Gasteiger partial charge in [0.2, 0.25) is 0 Å². The number of nitrogens with zero attached hydrogens (tertiary/aromatic N) is 1. The van der Waals surface area contributed by atoms with Crippen LogP contribution in [-0.4, -0.2) is 12.7 Å². The van der Waals surface area contributed by atoms with Gasteiger partial charge < -0.3 is 10.1 Å². The number of carbonyl (C=O) groups excluding carboxylic acids is 1. The van der Waals surface area contributed by atoms with Gasteiger partial charge in [-0.3, -0.25) is 0 Å². The molecule has 2 rings (SSSR count). The highest BCUT2D eigenvalue weighted by molar-refractivity contribution is 5.86. The molecule has 0 unspecified atom stereocenters. The van der Waals surface area contributed by atoms with Crippen LogP contribution in [0.3, 0.4) is 0 Å². The van der Waals surface area contributed by atoms with Gasteiger partial charge in [-0.15, -0.1) is 0 Å². The van der Waals surface area contributed by atoms with E-state index in [9.17, 15) is 9.18 Å². The van der Waals surface area contributed by atoms with Crippen molar-refractivity contribution in [3.63, 3.8) is 0 Å². The van der Waals surface area contributed by atoms with Crippen LogP contribution in [0.1, 0.15) is 12.5 Å². The Morgan fingerprint density at radius 3 is 2.41 bits per heavy atom. The first kappa shape index (κ1) is 15.8. The Morgan fingerprint density at radius 2 is 1.82 bits per heavy atom. The molecular formula is C16H18FN3O2. The van der Waals surface area contributed by atoms with Gasteiger partial charge in [-0.05, 0) is 48.9 Å². The first-order valence-electron chi connectivity index (χ1n) is 6.90. The van der Waals surface area contributed by atoms with Gasteiger partial charge >= 0.3 is 6.09 Å². The summed E-state index contributed by atoms with van der Waals surface area (Å²) in [7, 11) is 0. The van der Waals surface area contributed by atoms with E-state index in [0.717, 1.165) is 16.3 Å². The summed E-state index contributed by atoms with van der Waals surface area (Å²) in [6.07, 6.45) is -0.602. The zero-order chi connectivity index (χ0) is 15.9. The fraction of sp³-hybridized carbons (Fsp3) is 0.188. The summed E-state index contributed by atoms with van der Waals surface area (Å²) >= 11 is 0. The second kappa shape index (κ2) is 7.42. The van der Waals surface area contributed by atoms with Crippen molar-refractivity contribution >= 4 is 17.5 Å². The number of carbonyl (C=O) groups is 1. The number of benzene rings is 2. The lowest BCUT2D eigenvalue weighted by Crippen LogP contribution is -2.37. The Hall–Kier alpha value is -2.60. The third kappa shape index (κ3) is 4.20. The molecule has 0 atom stereocenters. The lowest BCUT2D eigenvalue weighted by atomic mass is 10.2. The largest absolute Gasteiger partial charge is 0.449 e. The number of hydrogen-bond acceptors (Lipinski definition) is 4. The Labute approximate surface area is 128 Å². The number of rotatable bonds is 5. The average molecular weight is 303 g/mol. The van der Waals surface area contributed by atoms with Crippen LogP contribution in [0.25, 0.3) is 0 Å². The van der Waals surface area contributed by atoms with Crippen LogP contribution in [0.15, 0.2) is 48.5 Å². The first-order chi connectivity index (χ1) is 10.6. The molecule has 0 aliphatic heterocycles. The fourth-order valence-corrected chi connectivity index (χ4v) is 1.84. The fourth-order valence-electron chi connectivity index (χ4n) is 1.84. The molecular weight excluding hydrogens is 285 g/mol. The minimum atomic E-state index is -0.602. The predicted molar refractivity (Wildman–Crippen MR) is 83.9 cm³/mol. The van der Waals surface area contributed by atoms with Gasteiger partial charge in [0.1, 0.15) is 5.82 Å². The predicted octanol–water partition coefficient (Wildman–Crippen LogP) is 3.27. The molecule has 0 bridgehead atoms. The maximum atomic E-state index is 12.8. The van der Waals surface area contributed by atoms with Gasteiger partial charge in [-0.1, -0.05) is 12.1 Å². The molecule has 0 spiro atoms. The molecule has 0 aliphatic carbocycles. The maximum Gasteiger partial charge on any atom is 0.428 e. The highest BCUT2D eigenvalue weighted by Crippen LogP contribution is 2.17. The molecule has 3 N–H and O–H groups in total. The monoisotopic (exact) mass is 303 g/mol. The van der Waals surface area contributed by atoms with Crippen LogP contribution in [0.5, 0.6) is 0 Å². The molecule has 0 aliphatic rings. The Kier molecular flexibility index (Phi) is 5.32. The summed E-state index contributed by atoms with van der Waals surface area (Å²) in [6.45, 7) is 2.56. The minimum Gasteiger partial charge on any atom is -0.449 e. The van der Waals surface area contributed by atoms with Crippen LogP contribution in [0.2, 0.25) is 0 Å². The molecule has 0 fully saturated rings. The summed E-state index contributed by atoms with van der Waals surface area (Å²) < 4.78 is 17.6. The van der Waals surface area contributed by atoms with E-state index in [1.54, 1.807) is 43.3 Å². The number of nitrogens with one attached hydrogen (secondary N) is 1. The normalized spacial score (nSPS) is 10.1. The van der Waals surface area contributed by atoms with E-state index in [4.69, 9.17) is 10.6 Å². The number of ether oxygens (including phenoxy) is 1. The number of anilines is 2. The van der Waals surface area contributed by atoms with Gasteiger partial charge in [0.05, 0.1) is 12.3 Å². The molecule has 0 saturated heterocycles. The first-order valence-corrected chi connectivity index (χ1v) is 6.90. The smallest absolute Gasteiger partial charge is 0.428 e. The second-order valence-corrected chi connectivity index (χ2v) is 4.60. The summed E-state index contributed by atoms with van der Waals surface area (Å²) in [6, 6.07) is 13.3. The van der Waals surface area contributed by atoms with Crippen molar-refractivity contribution in [2.45, 2.75) is 13.5 Å². The van der Waals surface area contributed by atoms with Crippen molar-refractivity contribution in [1.29, 1.82) is 0 Å². The highest BCUT2D eigenvalue weighted by Gasteiger charge is 2.11. The highest BCUT2D eigenvalue weighted by atomic mass is 19.1. The van der Waals surface area contributed by atoms with Crippen LogP contribution < -0.4 is 16.2 Å². The third-order valence-electron chi connectivity index (χ3n) is 3.02. The topological polar surface area (TPSA) is 67.6 Å². The van der Waals surface area contributed by atoms with Crippen LogP contribution in [0.4, 0.5) is 20.6 Å². The molecule has 22 heavy (non-hydrogen) atoms. The van der Waals surface area contributed by atoms with Crippen molar-refractivity contribution in [1.82, 2.24) is 0 Å². The Bertz CT molecular complexity index is 614. The van der Waals surface area contributed by atoms with Gasteiger partial charge in [0, 0.05) is 12.2 Å². The van der Waals surface area contributed by atoms with E-state index >= 15 is 0 Å². The van der Waals surface area contributed by atoms with Gasteiger partial charge in [0.25, 0.3) is 0 Å². The molecule has 0 aromatic heterocycles. The standard InChI is InChI=1S/C16H18FN3O2/c1-2-22-16(21)20(18)15-9-7-14(8-10-15)19-11-12-3-5-13(17)6-4-12/h3-10,19H,2,11,18H2,1H3. The Balaban J connectivity index is 1.94. The van der Waals surface area contributed by atoms with E-state index in [2.05, 4.69) is 5.32 Å². The van der Waals surface area contributed by atoms with E-state index in [1.165, 1.54) is 12.1 Å². The molecule has 2 aromatic rings. The zero-order valence-electron chi connectivity index (χ0n) is 12.3. The quantitative estimate of drug-likeness (QED) is 0.505. The lowest BCUT2D eigenvalue weighted by molar-refractivity contribution is 0.160. The number of nitrogens with two attached hydrogens (primary N) is 1. The van der Waals surface area contributed by atoms with E-state index < -0.39 is 6.09 Å². The zero-order valence-corrected chi connectivity index (χ0v) is 12.3. The van der Waals surface area contributed by atoms with Crippen molar-refractivity contribution in [2.24, 2.45) is 5.84 Å². The average Bonchev–Trinajstić information content (AvgIpc) is 2.54. The van der Waals surface area contributed by atoms with Crippen molar-refractivity contribution in [3.05, 3.63) is 59.9 Å². The summed E-state index contributed by atoms with van der Waals surface area (Å²) in [5.74, 6) is 5.40. The molecule has 0 radical (unpaired) electrons. The van der Waals surface area contributed by atoms with Gasteiger partial charge in [-0.25, -0.2) is 20.0 Å². The van der Waals surface area contributed by atoms with Gasteiger partial charge in [0.15, 0.2) is 0 Å². The molecule has 0 saturated carbocycles. The summed E-state index contributed by atoms with van der Waals surface area (Å²) in [5, 5.41) is 4.15. The lowest BCUT2D eigenvalue weighted by Gasteiger charge is -2.16. The van der Waals surface area contributed by atoms with Crippen molar-refractivity contribution in [3.8, 4) is 0 Å². The van der Waals surface area contributed by atoms with E-state index in [-0.39, 0.29) is 12.4 Å². The van der Waals surface area contributed by atoms with Gasteiger partial charge in [-0.2, -0.15) is 0 Å². The van der Waals surface area contributed by atoms with E-state index in [0.29, 0.717) is 12.2 Å². The number of amides is 1. The van der Waals surface area contributed by atoms with Crippen LogP contribution >= 0.6 is 0 Å². The van der Waals surface area contributed by atoms with Crippen molar-refractivity contribution < 1.29 is 13.9 Å². The number of hydrazine groups is 1. The summed E-state index contributed by atoms with van der Waals surface area (Å²) in [5.41, 5.74) is 2.37. The molecule has 5 nitrogen and oxygen atoms in total. The SMILES string of the molecule is CCOC(=O)N(N)c1ccc(NCc2ccc(F)cc2)cc1. The van der Waals surface area contributed by atoms with Crippen LogP contribution in [0, 0.1) is 5.82 Å². The Morgan fingerprint density at radius 1 is 1.18 bits per heavy atom. The number of halogens is 1. The number of hydrogen-bond donors (Lipinski definition) is 2. The maximum absolute atomic E-state index is 12.8. The molecule has 1 amide bonds. The van der Waals surface area contributed by atoms with Crippen LogP contribution in [-0.2, 0) is 11.3 Å². The molecule has 0 heterocycles. The summed E-state index contributed by atoms with van der Waals surface area (Å²) in [4.78, 5) is 11.5. The molecule has 116 valence electrons. The second-order valence-electron chi connectivity index (χ2n) is 4.60. The third-order valence-corrected chi connectivity index (χ3v) is 3.02. The minimum absolute atomic E-state index is 0.255. The van der Waals surface area contributed by atoms with E-state index in [1.807, 2.05) is 0 Å². The van der Waals surface area contributed by atoms with Crippen molar-refractivity contribution in [2.75, 3.05) is 16.9 Å². The molecule has 2 aromatic carbocycles. The molecule has 6 heteroatoms.